The number of urea groups is 1. The van der Waals surface area contributed by atoms with Crippen molar-refractivity contribution in [3.8, 4) is 22.8 Å². The Labute approximate surface area is 204 Å². The molecule has 0 spiro atoms. The SMILES string of the molecule is CCC1CC(=O)NC(n2nc(-c3ccccc3)cc2NC(=O)NCc2ccc(OC)c(OC)c2)N1. The lowest BCUT2D eigenvalue weighted by atomic mass is 10.1. The first-order valence-corrected chi connectivity index (χ1v) is 11.5. The van der Waals surface area contributed by atoms with Crippen LogP contribution in [0.25, 0.3) is 11.3 Å². The third kappa shape index (κ3) is 5.72. The fraction of sp³-hybridized carbons (Fsp3) is 0.320. The Kier molecular flexibility index (Phi) is 7.51. The van der Waals surface area contributed by atoms with Crippen LogP contribution in [0, 0.1) is 0 Å². The molecule has 10 heteroatoms. The highest BCUT2D eigenvalue weighted by Crippen LogP contribution is 2.28. The topological polar surface area (TPSA) is 119 Å². The summed E-state index contributed by atoms with van der Waals surface area (Å²) in [7, 11) is 3.14. The van der Waals surface area contributed by atoms with Crippen LogP contribution in [-0.2, 0) is 11.3 Å². The molecule has 0 bridgehead atoms. The number of amides is 3. The molecule has 1 fully saturated rings. The standard InChI is InChI=1S/C25H30N6O4/c1-4-18-13-23(32)29-24(27-18)31-22(14-19(30-31)17-8-6-5-7-9-17)28-25(33)26-15-16-10-11-20(34-2)21(12-16)35-3/h5-12,14,18,24,27H,4,13,15H2,1-3H3,(H,29,32)(H2,26,28,33). The molecule has 0 radical (unpaired) electrons. The summed E-state index contributed by atoms with van der Waals surface area (Å²) in [6.07, 6.45) is 0.611. The lowest BCUT2D eigenvalue weighted by Crippen LogP contribution is -2.53. The summed E-state index contributed by atoms with van der Waals surface area (Å²) in [6.45, 7) is 2.30. The first kappa shape index (κ1) is 24.1. The van der Waals surface area contributed by atoms with E-state index in [2.05, 4.69) is 26.4 Å². The van der Waals surface area contributed by atoms with Crippen LogP contribution in [0.2, 0.25) is 0 Å². The van der Waals surface area contributed by atoms with E-state index in [4.69, 9.17) is 9.47 Å². The first-order chi connectivity index (χ1) is 17.0. The second kappa shape index (κ2) is 10.9. The number of nitrogens with one attached hydrogen (secondary N) is 4. The molecule has 184 valence electrons. The molecular weight excluding hydrogens is 448 g/mol. The highest BCUT2D eigenvalue weighted by atomic mass is 16.5. The van der Waals surface area contributed by atoms with Crippen molar-refractivity contribution in [3.05, 3.63) is 60.2 Å². The monoisotopic (exact) mass is 478 g/mol. The van der Waals surface area contributed by atoms with Crippen molar-refractivity contribution < 1.29 is 19.1 Å². The molecule has 0 aliphatic carbocycles. The molecule has 2 unspecified atom stereocenters. The summed E-state index contributed by atoms with van der Waals surface area (Å²) in [4.78, 5) is 25.1. The van der Waals surface area contributed by atoms with Gasteiger partial charge >= 0.3 is 6.03 Å². The van der Waals surface area contributed by atoms with Gasteiger partial charge in [-0.2, -0.15) is 5.10 Å². The fourth-order valence-electron chi connectivity index (χ4n) is 3.92. The summed E-state index contributed by atoms with van der Waals surface area (Å²) in [6, 6.07) is 16.5. The number of methoxy groups -OCH3 is 2. The molecule has 4 N–H and O–H groups in total. The fourth-order valence-corrected chi connectivity index (χ4v) is 3.92. The van der Waals surface area contributed by atoms with Gasteiger partial charge in [0.1, 0.15) is 5.82 Å². The van der Waals surface area contributed by atoms with Gasteiger partial charge in [0.05, 0.1) is 19.9 Å². The van der Waals surface area contributed by atoms with Crippen LogP contribution in [0.15, 0.2) is 54.6 Å². The van der Waals surface area contributed by atoms with Gasteiger partial charge in [-0.05, 0) is 24.1 Å². The zero-order valence-corrected chi connectivity index (χ0v) is 20.0. The average Bonchev–Trinajstić information content (AvgIpc) is 3.31. The molecule has 1 aromatic heterocycles. The van der Waals surface area contributed by atoms with E-state index in [9.17, 15) is 9.59 Å². The average molecular weight is 479 g/mol. The van der Waals surface area contributed by atoms with Crippen molar-refractivity contribution in [2.75, 3.05) is 19.5 Å². The Hall–Kier alpha value is -4.05. The number of rotatable bonds is 8. The molecule has 10 nitrogen and oxygen atoms in total. The molecular formula is C25H30N6O4. The third-order valence-electron chi connectivity index (χ3n) is 5.81. The van der Waals surface area contributed by atoms with E-state index >= 15 is 0 Å². The molecule has 3 amide bonds. The number of benzene rings is 2. The largest absolute Gasteiger partial charge is 0.493 e. The maximum Gasteiger partial charge on any atom is 0.320 e. The second-order valence-corrected chi connectivity index (χ2v) is 8.17. The van der Waals surface area contributed by atoms with E-state index < -0.39 is 12.3 Å². The van der Waals surface area contributed by atoms with E-state index in [1.54, 1.807) is 31.0 Å². The summed E-state index contributed by atoms with van der Waals surface area (Å²) in [5.41, 5.74) is 2.42. The van der Waals surface area contributed by atoms with Crippen LogP contribution in [0.3, 0.4) is 0 Å². The third-order valence-corrected chi connectivity index (χ3v) is 5.81. The summed E-state index contributed by atoms with van der Waals surface area (Å²) in [5, 5.41) is 16.7. The van der Waals surface area contributed by atoms with E-state index in [1.807, 2.05) is 49.4 Å². The number of aromatic nitrogens is 2. The second-order valence-electron chi connectivity index (χ2n) is 8.17. The van der Waals surface area contributed by atoms with Crippen LogP contribution in [-0.4, -0.2) is 42.0 Å². The Morgan fingerprint density at radius 1 is 1.11 bits per heavy atom. The van der Waals surface area contributed by atoms with Crippen molar-refractivity contribution in [2.45, 2.75) is 38.6 Å². The molecule has 3 aromatic rings. The van der Waals surface area contributed by atoms with Gasteiger partial charge in [-0.25, -0.2) is 9.48 Å². The number of hydrogen-bond donors (Lipinski definition) is 4. The van der Waals surface area contributed by atoms with Crippen LogP contribution in [0.5, 0.6) is 11.5 Å². The van der Waals surface area contributed by atoms with Crippen molar-refractivity contribution >= 4 is 17.8 Å². The lowest BCUT2D eigenvalue weighted by molar-refractivity contribution is -0.125. The number of hydrogen-bond acceptors (Lipinski definition) is 6. The van der Waals surface area contributed by atoms with E-state index in [0.29, 0.717) is 29.4 Å². The van der Waals surface area contributed by atoms with E-state index in [-0.39, 0.29) is 18.5 Å². The summed E-state index contributed by atoms with van der Waals surface area (Å²) in [5.74, 6) is 1.58. The molecule has 4 rings (SSSR count). The van der Waals surface area contributed by atoms with Crippen LogP contribution in [0.4, 0.5) is 10.6 Å². The van der Waals surface area contributed by atoms with Gasteiger partial charge in [-0.3, -0.25) is 15.4 Å². The zero-order chi connectivity index (χ0) is 24.8. The molecule has 35 heavy (non-hydrogen) atoms. The Balaban J connectivity index is 1.53. The minimum Gasteiger partial charge on any atom is -0.493 e. The maximum atomic E-state index is 12.8. The van der Waals surface area contributed by atoms with Gasteiger partial charge in [0.2, 0.25) is 5.91 Å². The molecule has 1 saturated heterocycles. The lowest BCUT2D eigenvalue weighted by Gasteiger charge is -2.31. The van der Waals surface area contributed by atoms with Crippen LogP contribution < -0.4 is 30.7 Å². The Morgan fingerprint density at radius 3 is 2.60 bits per heavy atom. The zero-order valence-electron chi connectivity index (χ0n) is 20.0. The van der Waals surface area contributed by atoms with Crippen molar-refractivity contribution in [2.24, 2.45) is 0 Å². The quantitative estimate of drug-likeness (QED) is 0.395. The predicted molar refractivity (Wildman–Crippen MR) is 132 cm³/mol. The van der Waals surface area contributed by atoms with Crippen molar-refractivity contribution in [1.29, 1.82) is 0 Å². The number of carbonyl (C=O) groups excluding carboxylic acids is 2. The van der Waals surface area contributed by atoms with Crippen molar-refractivity contribution in [1.82, 2.24) is 25.7 Å². The maximum absolute atomic E-state index is 12.8. The van der Waals surface area contributed by atoms with Crippen LogP contribution in [0.1, 0.15) is 31.6 Å². The summed E-state index contributed by atoms with van der Waals surface area (Å²) < 4.78 is 12.2. The molecule has 1 aliphatic heterocycles. The normalized spacial score (nSPS) is 17.4. The first-order valence-electron chi connectivity index (χ1n) is 11.5. The number of nitrogens with zero attached hydrogens (tertiary/aromatic N) is 2. The van der Waals surface area contributed by atoms with Gasteiger partial charge in [-0.15, -0.1) is 0 Å². The van der Waals surface area contributed by atoms with Gasteiger partial charge in [0.25, 0.3) is 0 Å². The van der Waals surface area contributed by atoms with Crippen molar-refractivity contribution in [3.63, 3.8) is 0 Å². The minimum absolute atomic E-state index is 0.0184. The highest BCUT2D eigenvalue weighted by Gasteiger charge is 2.28. The number of anilines is 1. The Bertz CT molecular complexity index is 1180. The molecule has 2 heterocycles. The smallest absolute Gasteiger partial charge is 0.320 e. The van der Waals surface area contributed by atoms with Gasteiger partial charge < -0.3 is 20.1 Å². The Morgan fingerprint density at radius 2 is 1.89 bits per heavy atom. The molecule has 0 saturated carbocycles. The number of ether oxygens (including phenoxy) is 2. The summed E-state index contributed by atoms with van der Waals surface area (Å²) >= 11 is 0. The molecule has 1 aliphatic rings. The van der Waals surface area contributed by atoms with Gasteiger partial charge in [-0.1, -0.05) is 43.3 Å². The minimum atomic E-state index is -0.584. The van der Waals surface area contributed by atoms with Gasteiger partial charge in [0, 0.05) is 30.6 Å². The van der Waals surface area contributed by atoms with E-state index in [1.165, 1.54) is 0 Å². The predicted octanol–water partition coefficient (Wildman–Crippen LogP) is 3.23. The molecule has 2 atom stereocenters. The van der Waals surface area contributed by atoms with E-state index in [0.717, 1.165) is 17.5 Å². The molecule has 2 aromatic carbocycles. The number of carbonyl (C=O) groups is 2. The van der Waals surface area contributed by atoms with Gasteiger partial charge in [0.15, 0.2) is 17.8 Å². The van der Waals surface area contributed by atoms with Crippen LogP contribution >= 0.6 is 0 Å². The highest BCUT2D eigenvalue weighted by molar-refractivity contribution is 5.89.